The molecule has 4 aliphatic carbocycles. The summed E-state index contributed by atoms with van der Waals surface area (Å²) in [7, 11) is 1.59. The highest BCUT2D eigenvalue weighted by atomic mass is 16.5. The minimum absolute atomic E-state index is 0.00870. The van der Waals surface area contributed by atoms with E-state index < -0.39 is 17.5 Å². The number of benzene rings is 1. The number of hydrogen-bond acceptors (Lipinski definition) is 5. The Balaban J connectivity index is 1.32. The first kappa shape index (κ1) is 29.8. The van der Waals surface area contributed by atoms with Gasteiger partial charge in [0.25, 0.3) is 0 Å². The van der Waals surface area contributed by atoms with Gasteiger partial charge in [0.15, 0.2) is 5.96 Å². The molecule has 1 aliphatic heterocycles. The van der Waals surface area contributed by atoms with Crippen LogP contribution >= 0.6 is 0 Å². The maximum atomic E-state index is 14.1. The Morgan fingerprint density at radius 3 is 2.35 bits per heavy atom. The molecule has 2 atom stereocenters. The molecule has 0 radical (unpaired) electrons. The van der Waals surface area contributed by atoms with Gasteiger partial charge in [-0.3, -0.25) is 19.4 Å². The number of rotatable bonds is 13. The van der Waals surface area contributed by atoms with E-state index in [0.29, 0.717) is 51.1 Å². The second-order valence-electron chi connectivity index (χ2n) is 13.5. The van der Waals surface area contributed by atoms with E-state index in [1.807, 2.05) is 31.2 Å². The lowest BCUT2D eigenvalue weighted by molar-refractivity contribution is -0.145. The van der Waals surface area contributed by atoms with Crippen molar-refractivity contribution in [2.75, 3.05) is 26.7 Å². The first-order valence-corrected chi connectivity index (χ1v) is 16.1. The number of methoxy groups -OCH3 is 1. The van der Waals surface area contributed by atoms with Gasteiger partial charge in [0, 0.05) is 32.5 Å². The van der Waals surface area contributed by atoms with Crippen LogP contribution in [0.15, 0.2) is 29.3 Å². The molecule has 236 valence electrons. The van der Waals surface area contributed by atoms with Crippen LogP contribution in [-0.4, -0.2) is 66.9 Å². The largest absolute Gasteiger partial charge is 0.497 e. The predicted octanol–water partition coefficient (Wildman–Crippen LogP) is 2.88. The molecule has 10 nitrogen and oxygen atoms in total. The topological polar surface area (TPSA) is 152 Å². The molecule has 0 aromatic heterocycles. The molecule has 6 N–H and O–H groups in total. The Bertz CT molecular complexity index is 1220. The van der Waals surface area contributed by atoms with E-state index in [9.17, 15) is 15.8 Å². The van der Waals surface area contributed by atoms with E-state index in [2.05, 4.69) is 15.6 Å². The smallest absolute Gasteiger partial charge is 0.246 e. The molecule has 3 amide bonds. The average Bonchev–Trinajstić information content (AvgIpc) is 3.38. The van der Waals surface area contributed by atoms with Crippen LogP contribution in [-0.2, 0) is 20.8 Å². The number of likely N-dealkylation sites (tertiary alicyclic amines) is 1. The zero-order valence-electron chi connectivity index (χ0n) is 26.8. The van der Waals surface area contributed by atoms with Crippen molar-refractivity contribution >= 4 is 23.7 Å². The van der Waals surface area contributed by atoms with Gasteiger partial charge in [0.05, 0.1) is 8.48 Å². The fraction of sp³-hybridized carbons (Fsp3) is 0.697. The summed E-state index contributed by atoms with van der Waals surface area (Å²) < 4.78 is 14.7. The van der Waals surface area contributed by atoms with Crippen molar-refractivity contribution in [3.05, 3.63) is 29.8 Å². The SMILES string of the molecule is [2H][C@@]1(C(=O)N[C@@](CC)(Cc2ccc(OC)cc2)C(=O)NCCCN=C(N)N)CCCN1C(=O)CC12CC3CC(CC(C3)C1)C2. The van der Waals surface area contributed by atoms with E-state index in [0.717, 1.165) is 42.6 Å². The highest BCUT2D eigenvalue weighted by Gasteiger charge is 2.52. The number of nitrogens with zero attached hydrogens (tertiary/aromatic N) is 2. The summed E-state index contributed by atoms with van der Waals surface area (Å²) in [5, 5.41) is 5.96. The van der Waals surface area contributed by atoms with Crippen molar-refractivity contribution in [1.29, 1.82) is 0 Å². The van der Waals surface area contributed by atoms with Crippen molar-refractivity contribution in [2.45, 2.75) is 95.5 Å². The Morgan fingerprint density at radius 1 is 1.12 bits per heavy atom. The van der Waals surface area contributed by atoms with Crippen LogP contribution in [0.1, 0.15) is 84.5 Å². The third-order valence-corrected chi connectivity index (χ3v) is 10.3. The Hall–Kier alpha value is -3.30. The van der Waals surface area contributed by atoms with Gasteiger partial charge in [0.2, 0.25) is 17.7 Å². The van der Waals surface area contributed by atoms with Crippen molar-refractivity contribution in [3.8, 4) is 5.75 Å². The number of ether oxygens (including phenoxy) is 1. The summed E-state index contributed by atoms with van der Waals surface area (Å²) in [6.07, 6.45) is 9.47. The summed E-state index contributed by atoms with van der Waals surface area (Å²) in [6.45, 7) is 2.92. The number of hydrogen-bond donors (Lipinski definition) is 4. The quantitative estimate of drug-likeness (QED) is 0.156. The zero-order valence-corrected chi connectivity index (χ0v) is 25.8. The first-order chi connectivity index (χ1) is 21.0. The minimum Gasteiger partial charge on any atom is -0.497 e. The third kappa shape index (κ3) is 7.10. The molecule has 5 aliphatic rings. The number of aliphatic imine (C=N–C) groups is 1. The highest BCUT2D eigenvalue weighted by Crippen LogP contribution is 2.61. The lowest BCUT2D eigenvalue weighted by Crippen LogP contribution is -2.63. The molecule has 1 saturated heterocycles. The van der Waals surface area contributed by atoms with Crippen LogP contribution in [0.3, 0.4) is 0 Å². The Labute approximate surface area is 257 Å². The summed E-state index contributed by atoms with van der Waals surface area (Å²) in [6, 6.07) is 5.62. The number of nitrogens with two attached hydrogens (primary N) is 2. The van der Waals surface area contributed by atoms with Gasteiger partial charge in [-0.1, -0.05) is 19.1 Å². The molecule has 0 unspecified atom stereocenters. The van der Waals surface area contributed by atoms with Gasteiger partial charge >= 0.3 is 0 Å². The third-order valence-electron chi connectivity index (χ3n) is 10.3. The average molecular weight is 596 g/mol. The van der Waals surface area contributed by atoms with E-state index >= 15 is 0 Å². The number of carbonyl (C=O) groups is 3. The number of nitrogens with one attached hydrogen (secondary N) is 2. The van der Waals surface area contributed by atoms with E-state index in [1.54, 1.807) is 7.11 Å². The van der Waals surface area contributed by atoms with Crippen molar-refractivity contribution in [1.82, 2.24) is 15.5 Å². The number of amides is 3. The molecular formula is C33H50N6O4. The van der Waals surface area contributed by atoms with Crippen LogP contribution < -0.4 is 26.8 Å². The monoisotopic (exact) mass is 595 g/mol. The minimum atomic E-state index is -1.76. The lowest BCUT2D eigenvalue weighted by atomic mass is 9.49. The molecule has 5 fully saturated rings. The lowest BCUT2D eigenvalue weighted by Gasteiger charge is -2.57. The highest BCUT2D eigenvalue weighted by molar-refractivity contribution is 5.95. The molecule has 1 aromatic carbocycles. The summed E-state index contributed by atoms with van der Waals surface area (Å²) in [5.41, 5.74) is 10.4. The molecule has 43 heavy (non-hydrogen) atoms. The van der Waals surface area contributed by atoms with Crippen molar-refractivity contribution in [3.63, 3.8) is 0 Å². The summed E-state index contributed by atoms with van der Waals surface area (Å²) >= 11 is 0. The van der Waals surface area contributed by atoms with E-state index in [4.69, 9.17) is 16.2 Å². The molecule has 10 heteroatoms. The molecule has 6 rings (SSSR count). The van der Waals surface area contributed by atoms with Crippen LogP contribution in [0.5, 0.6) is 5.75 Å². The van der Waals surface area contributed by atoms with Gasteiger partial charge in [-0.25, -0.2) is 0 Å². The predicted molar refractivity (Wildman–Crippen MR) is 166 cm³/mol. The number of guanidine groups is 1. The Morgan fingerprint density at radius 2 is 1.77 bits per heavy atom. The first-order valence-electron chi connectivity index (χ1n) is 16.6. The molecular weight excluding hydrogens is 544 g/mol. The summed E-state index contributed by atoms with van der Waals surface area (Å²) in [4.78, 5) is 47.4. The van der Waals surface area contributed by atoms with Crippen LogP contribution in [0, 0.1) is 23.2 Å². The number of carbonyl (C=O) groups excluding carboxylic acids is 3. The molecule has 4 saturated carbocycles. The molecule has 1 aromatic rings. The molecule has 0 spiro atoms. The standard InChI is InChI=1S/C33H50N6O4/c1-3-33(20-22-7-9-26(43-2)10-8-22,30(42)36-11-5-12-37-31(34)35)38-29(41)27-6-4-13-39(27)28(40)21-32-17-23-14-24(18-32)16-25(15-23)19-32/h7-10,23-25,27H,3-6,11-21H2,1-2H3,(H,36,42)(H,38,41)(H4,34,35,37)/t23?,24?,25?,27-,32?,33-/m0/s1/i27D. The van der Waals surface area contributed by atoms with Crippen LogP contribution in [0.2, 0.25) is 0 Å². The maximum absolute atomic E-state index is 14.1. The van der Waals surface area contributed by atoms with Crippen LogP contribution in [0.25, 0.3) is 0 Å². The second-order valence-corrected chi connectivity index (χ2v) is 13.5. The Kier molecular flexibility index (Phi) is 9.09. The maximum Gasteiger partial charge on any atom is 0.246 e. The zero-order chi connectivity index (χ0) is 31.5. The fourth-order valence-corrected chi connectivity index (χ4v) is 8.70. The van der Waals surface area contributed by atoms with Gasteiger partial charge in [-0.15, -0.1) is 0 Å². The van der Waals surface area contributed by atoms with Crippen LogP contribution in [0.4, 0.5) is 0 Å². The normalized spacial score (nSPS) is 30.7. The van der Waals surface area contributed by atoms with Gasteiger partial charge in [-0.05, 0) is 105 Å². The van der Waals surface area contributed by atoms with Gasteiger partial charge in [0.1, 0.15) is 17.3 Å². The van der Waals surface area contributed by atoms with Crippen molar-refractivity contribution < 1.29 is 20.5 Å². The van der Waals surface area contributed by atoms with E-state index in [-0.39, 0.29) is 36.0 Å². The molecule has 1 heterocycles. The van der Waals surface area contributed by atoms with Crippen molar-refractivity contribution in [2.24, 2.45) is 39.6 Å². The fourth-order valence-electron chi connectivity index (χ4n) is 8.70. The second kappa shape index (κ2) is 13.1. The van der Waals surface area contributed by atoms with Gasteiger partial charge < -0.3 is 31.7 Å². The summed E-state index contributed by atoms with van der Waals surface area (Å²) in [5.74, 6) is 1.81. The molecule has 4 bridgehead atoms. The van der Waals surface area contributed by atoms with Gasteiger partial charge in [-0.2, -0.15) is 0 Å². The van der Waals surface area contributed by atoms with E-state index in [1.165, 1.54) is 24.2 Å².